The molecule has 0 radical (unpaired) electrons. The second-order valence-corrected chi connectivity index (χ2v) is 5.96. The fourth-order valence-electron chi connectivity index (χ4n) is 2.86. The largest absolute Gasteiger partial charge is 0.369 e. The third-order valence-corrected chi connectivity index (χ3v) is 4.04. The predicted octanol–water partition coefficient (Wildman–Crippen LogP) is 2.56. The number of nitro groups is 1. The lowest BCUT2D eigenvalue weighted by Crippen LogP contribution is -2.16. The second-order valence-electron chi connectivity index (χ2n) is 5.96. The molecule has 3 aromatic rings. The number of rotatable bonds is 7. The number of aromatic nitrogens is 2. The van der Waals surface area contributed by atoms with Crippen LogP contribution in [-0.2, 0) is 11.3 Å². The molecule has 0 saturated carbocycles. The lowest BCUT2D eigenvalue weighted by atomic mass is 9.94. The number of imidazole rings is 1. The van der Waals surface area contributed by atoms with Crippen LogP contribution in [0.1, 0.15) is 22.3 Å². The SMILES string of the molecule is NC(=O)CC(=O)c1ccccc1-c1ccc(Cn2ccnc2)cc1[N+](=O)[O-]. The third-order valence-electron chi connectivity index (χ3n) is 4.04. The maximum absolute atomic E-state index is 12.3. The first kappa shape index (κ1) is 18.0. The van der Waals surface area contributed by atoms with Crippen molar-refractivity contribution in [1.29, 1.82) is 0 Å². The van der Waals surface area contributed by atoms with E-state index in [1.54, 1.807) is 53.6 Å². The summed E-state index contributed by atoms with van der Waals surface area (Å²) in [5.74, 6) is -1.23. The number of nitrogens with zero attached hydrogens (tertiary/aromatic N) is 3. The van der Waals surface area contributed by atoms with Gasteiger partial charge in [-0.1, -0.05) is 30.3 Å². The van der Waals surface area contributed by atoms with E-state index in [4.69, 9.17) is 5.73 Å². The van der Waals surface area contributed by atoms with Gasteiger partial charge in [0.2, 0.25) is 5.91 Å². The summed E-state index contributed by atoms with van der Waals surface area (Å²) < 4.78 is 1.79. The highest BCUT2D eigenvalue weighted by Crippen LogP contribution is 2.33. The molecule has 3 rings (SSSR count). The minimum atomic E-state index is -0.750. The third kappa shape index (κ3) is 4.06. The molecule has 8 nitrogen and oxygen atoms in total. The molecule has 0 bridgehead atoms. The normalized spacial score (nSPS) is 10.5. The van der Waals surface area contributed by atoms with E-state index in [9.17, 15) is 19.7 Å². The van der Waals surface area contributed by atoms with E-state index in [1.807, 2.05) is 0 Å². The second kappa shape index (κ2) is 7.61. The zero-order valence-electron chi connectivity index (χ0n) is 14.2. The average molecular weight is 364 g/mol. The van der Waals surface area contributed by atoms with Gasteiger partial charge in [0.25, 0.3) is 5.69 Å². The summed E-state index contributed by atoms with van der Waals surface area (Å²) in [6.07, 6.45) is 4.56. The molecule has 1 amide bonds. The summed E-state index contributed by atoms with van der Waals surface area (Å²) in [6.45, 7) is 0.434. The number of amides is 1. The molecule has 0 spiro atoms. The van der Waals surface area contributed by atoms with E-state index >= 15 is 0 Å². The molecule has 27 heavy (non-hydrogen) atoms. The Kier molecular flexibility index (Phi) is 5.07. The first-order valence-electron chi connectivity index (χ1n) is 8.09. The van der Waals surface area contributed by atoms with Crippen molar-refractivity contribution in [3.05, 3.63) is 82.4 Å². The molecule has 136 valence electrons. The van der Waals surface area contributed by atoms with E-state index in [0.29, 0.717) is 17.7 Å². The monoisotopic (exact) mass is 364 g/mol. The molecule has 0 aliphatic heterocycles. The van der Waals surface area contributed by atoms with E-state index in [0.717, 1.165) is 5.56 Å². The van der Waals surface area contributed by atoms with Crippen molar-refractivity contribution in [3.63, 3.8) is 0 Å². The number of benzene rings is 2. The fraction of sp³-hybridized carbons (Fsp3) is 0.105. The number of primary amides is 1. The average Bonchev–Trinajstić information content (AvgIpc) is 3.14. The number of ketones is 1. The van der Waals surface area contributed by atoms with E-state index in [-0.39, 0.29) is 11.3 Å². The maximum Gasteiger partial charge on any atom is 0.277 e. The van der Waals surface area contributed by atoms with Crippen molar-refractivity contribution in [2.75, 3.05) is 0 Å². The number of carbonyl (C=O) groups excluding carboxylic acids is 2. The summed E-state index contributed by atoms with van der Waals surface area (Å²) in [6, 6.07) is 11.3. The Bertz CT molecular complexity index is 1010. The van der Waals surface area contributed by atoms with Gasteiger partial charge in [-0.05, 0) is 17.2 Å². The molecule has 0 fully saturated rings. The molecule has 8 heteroatoms. The number of nitrogens with two attached hydrogens (primary N) is 1. The van der Waals surface area contributed by atoms with Crippen LogP contribution in [0.2, 0.25) is 0 Å². The molecule has 0 aliphatic rings. The Hall–Kier alpha value is -3.81. The number of Topliss-reactive ketones (excluding diaryl/α,β-unsaturated/α-hetero) is 1. The lowest BCUT2D eigenvalue weighted by molar-refractivity contribution is -0.384. The zero-order chi connectivity index (χ0) is 19.4. The van der Waals surface area contributed by atoms with Crippen molar-refractivity contribution in [2.24, 2.45) is 5.73 Å². The van der Waals surface area contributed by atoms with Gasteiger partial charge in [0.15, 0.2) is 5.78 Å². The van der Waals surface area contributed by atoms with Crippen LogP contribution < -0.4 is 5.73 Å². The molecular weight excluding hydrogens is 348 g/mol. The van der Waals surface area contributed by atoms with Crippen LogP contribution in [0.3, 0.4) is 0 Å². The lowest BCUT2D eigenvalue weighted by Gasteiger charge is -2.10. The summed E-state index contributed by atoms with van der Waals surface area (Å²) in [5.41, 5.74) is 6.64. The predicted molar refractivity (Wildman–Crippen MR) is 98.0 cm³/mol. The van der Waals surface area contributed by atoms with Gasteiger partial charge in [-0.25, -0.2) is 4.98 Å². The summed E-state index contributed by atoms with van der Waals surface area (Å²) in [7, 11) is 0. The van der Waals surface area contributed by atoms with Crippen molar-refractivity contribution >= 4 is 17.4 Å². The van der Waals surface area contributed by atoms with E-state index in [2.05, 4.69) is 4.98 Å². The number of nitro benzene ring substituents is 1. The number of carbonyl (C=O) groups is 2. The minimum absolute atomic E-state index is 0.119. The highest BCUT2D eigenvalue weighted by molar-refractivity contribution is 6.10. The standard InChI is InChI=1S/C19H16N4O4/c20-19(25)10-18(24)16-4-2-1-3-14(16)15-6-5-13(9-17(15)23(26)27)11-22-8-7-21-12-22/h1-9,12H,10-11H2,(H2,20,25). The summed E-state index contributed by atoms with van der Waals surface area (Å²) in [5, 5.41) is 11.6. The Morgan fingerprint density at radius 2 is 1.93 bits per heavy atom. The van der Waals surface area contributed by atoms with Crippen molar-refractivity contribution in [2.45, 2.75) is 13.0 Å². The van der Waals surface area contributed by atoms with Gasteiger partial charge in [0.1, 0.15) is 0 Å². The quantitative estimate of drug-likeness (QED) is 0.299. The Balaban J connectivity index is 2.05. The fourth-order valence-corrected chi connectivity index (χ4v) is 2.86. The van der Waals surface area contributed by atoms with Gasteiger partial charge < -0.3 is 10.3 Å². The van der Waals surface area contributed by atoms with Crippen molar-refractivity contribution in [1.82, 2.24) is 9.55 Å². The molecule has 1 heterocycles. The molecule has 1 aromatic heterocycles. The number of hydrogen-bond acceptors (Lipinski definition) is 5. The first-order valence-corrected chi connectivity index (χ1v) is 8.09. The maximum atomic E-state index is 12.3. The van der Waals surface area contributed by atoms with Gasteiger partial charge in [0, 0.05) is 30.6 Å². The van der Waals surface area contributed by atoms with Gasteiger partial charge in [-0.3, -0.25) is 19.7 Å². The molecule has 0 saturated heterocycles. The topological polar surface area (TPSA) is 121 Å². The van der Waals surface area contributed by atoms with Crippen LogP contribution in [-0.4, -0.2) is 26.2 Å². The minimum Gasteiger partial charge on any atom is -0.369 e. The van der Waals surface area contributed by atoms with Crippen LogP contribution in [0.25, 0.3) is 11.1 Å². The number of hydrogen-bond donors (Lipinski definition) is 1. The first-order chi connectivity index (χ1) is 13.0. The van der Waals surface area contributed by atoms with Crippen molar-refractivity contribution < 1.29 is 14.5 Å². The van der Waals surface area contributed by atoms with Crippen molar-refractivity contribution in [3.8, 4) is 11.1 Å². The Morgan fingerprint density at radius 1 is 1.15 bits per heavy atom. The van der Waals surface area contributed by atoms with E-state index in [1.165, 1.54) is 12.1 Å². The Labute approximate surface area is 154 Å². The van der Waals surface area contributed by atoms with Crippen LogP contribution in [0, 0.1) is 10.1 Å². The highest BCUT2D eigenvalue weighted by Gasteiger charge is 2.21. The summed E-state index contributed by atoms with van der Waals surface area (Å²) >= 11 is 0. The molecule has 0 unspecified atom stereocenters. The van der Waals surface area contributed by atoms with Gasteiger partial charge in [-0.15, -0.1) is 0 Å². The van der Waals surface area contributed by atoms with Crippen LogP contribution in [0.5, 0.6) is 0 Å². The van der Waals surface area contributed by atoms with Gasteiger partial charge in [-0.2, -0.15) is 0 Å². The summed E-state index contributed by atoms with van der Waals surface area (Å²) in [4.78, 5) is 38.5. The molecule has 0 aliphatic carbocycles. The highest BCUT2D eigenvalue weighted by atomic mass is 16.6. The van der Waals surface area contributed by atoms with Crippen LogP contribution in [0.15, 0.2) is 61.2 Å². The molecule has 2 N–H and O–H groups in total. The molecule has 2 aromatic carbocycles. The zero-order valence-corrected chi connectivity index (χ0v) is 14.2. The molecule has 0 atom stereocenters. The van der Waals surface area contributed by atoms with E-state index < -0.39 is 23.0 Å². The smallest absolute Gasteiger partial charge is 0.277 e. The molecular formula is C19H16N4O4. The van der Waals surface area contributed by atoms with Crippen LogP contribution in [0.4, 0.5) is 5.69 Å². The van der Waals surface area contributed by atoms with Gasteiger partial charge >= 0.3 is 0 Å². The van der Waals surface area contributed by atoms with Crippen LogP contribution >= 0.6 is 0 Å². The Morgan fingerprint density at radius 3 is 2.59 bits per heavy atom. The van der Waals surface area contributed by atoms with Gasteiger partial charge in [0.05, 0.1) is 23.2 Å².